The van der Waals surface area contributed by atoms with Crippen molar-refractivity contribution >= 4 is 17.5 Å². The minimum atomic E-state index is -4.59. The summed E-state index contributed by atoms with van der Waals surface area (Å²) in [7, 11) is 0. The van der Waals surface area contributed by atoms with E-state index in [9.17, 15) is 22.8 Å². The number of nitriles is 1. The molecule has 2 amide bonds. The van der Waals surface area contributed by atoms with Gasteiger partial charge in [0.15, 0.2) is 0 Å². The van der Waals surface area contributed by atoms with Gasteiger partial charge in [-0.05, 0) is 49.8 Å². The number of amides is 2. The average Bonchev–Trinajstić information content (AvgIpc) is 3.23. The number of anilines is 1. The highest BCUT2D eigenvalue weighted by Crippen LogP contribution is 2.39. The molecule has 2 fully saturated rings. The molecule has 0 aromatic heterocycles. The van der Waals surface area contributed by atoms with Gasteiger partial charge in [0.05, 0.1) is 23.1 Å². The molecule has 33 heavy (non-hydrogen) atoms. The molecule has 1 aromatic rings. The van der Waals surface area contributed by atoms with Crippen LogP contribution in [0.2, 0.25) is 0 Å². The van der Waals surface area contributed by atoms with Gasteiger partial charge in [-0.15, -0.1) is 0 Å². The van der Waals surface area contributed by atoms with Crippen LogP contribution in [0.25, 0.3) is 0 Å². The van der Waals surface area contributed by atoms with Crippen LogP contribution in [0.1, 0.15) is 44.7 Å². The Hall–Kier alpha value is -2.76. The van der Waals surface area contributed by atoms with Crippen LogP contribution in [0.3, 0.4) is 0 Å². The molecule has 2 saturated heterocycles. The first-order valence-electron chi connectivity index (χ1n) is 11.5. The molecular formula is C24H31F3N4O2. The van der Waals surface area contributed by atoms with Gasteiger partial charge in [0.2, 0.25) is 11.8 Å². The van der Waals surface area contributed by atoms with Crippen molar-refractivity contribution in [2.45, 2.75) is 39.8 Å². The first kappa shape index (κ1) is 24.9. The number of piperidine rings is 1. The second-order valence-electron chi connectivity index (χ2n) is 9.23. The maximum Gasteiger partial charge on any atom is 0.417 e. The largest absolute Gasteiger partial charge is 0.417 e. The fourth-order valence-electron chi connectivity index (χ4n) is 5.08. The lowest BCUT2D eigenvalue weighted by Crippen LogP contribution is -2.41. The van der Waals surface area contributed by atoms with E-state index in [1.54, 1.807) is 17.0 Å². The molecule has 6 nitrogen and oxygen atoms in total. The molecule has 3 rings (SSSR count). The van der Waals surface area contributed by atoms with Crippen LogP contribution in [0, 0.1) is 35.0 Å². The Labute approximate surface area is 192 Å². The summed E-state index contributed by atoms with van der Waals surface area (Å²) in [6.07, 6.45) is -3.13. The van der Waals surface area contributed by atoms with Gasteiger partial charge in [-0.25, -0.2) is 0 Å². The summed E-state index contributed by atoms with van der Waals surface area (Å²) < 4.78 is 40.0. The predicted octanol–water partition coefficient (Wildman–Crippen LogP) is 3.66. The Morgan fingerprint density at radius 1 is 1.21 bits per heavy atom. The van der Waals surface area contributed by atoms with E-state index in [1.807, 2.05) is 25.7 Å². The molecule has 2 atom stereocenters. The lowest BCUT2D eigenvalue weighted by atomic mass is 9.78. The Morgan fingerprint density at radius 2 is 1.88 bits per heavy atom. The summed E-state index contributed by atoms with van der Waals surface area (Å²) >= 11 is 0. The number of hydrogen-bond donors (Lipinski definition) is 1. The summed E-state index contributed by atoms with van der Waals surface area (Å²) in [5.74, 6) is -0.157. The van der Waals surface area contributed by atoms with Gasteiger partial charge in [0, 0.05) is 44.3 Å². The first-order chi connectivity index (χ1) is 15.6. The summed E-state index contributed by atoms with van der Waals surface area (Å²) in [5, 5.41) is 11.9. The van der Waals surface area contributed by atoms with Crippen LogP contribution >= 0.6 is 0 Å². The van der Waals surface area contributed by atoms with E-state index in [4.69, 9.17) is 5.26 Å². The van der Waals surface area contributed by atoms with Gasteiger partial charge in [0.25, 0.3) is 0 Å². The van der Waals surface area contributed by atoms with Crippen molar-refractivity contribution < 1.29 is 22.8 Å². The molecule has 2 aliphatic heterocycles. The molecule has 1 N–H and O–H groups in total. The molecule has 0 bridgehead atoms. The van der Waals surface area contributed by atoms with Crippen LogP contribution < -0.4 is 10.2 Å². The molecule has 180 valence electrons. The lowest BCUT2D eigenvalue weighted by molar-refractivity contribution is -0.138. The topological polar surface area (TPSA) is 76.4 Å². The number of carbonyl (C=O) groups excluding carboxylic acids is 2. The fourth-order valence-corrected chi connectivity index (χ4v) is 5.08. The van der Waals surface area contributed by atoms with Crippen LogP contribution in [0.15, 0.2) is 18.2 Å². The highest BCUT2D eigenvalue weighted by atomic mass is 19.4. The summed E-state index contributed by atoms with van der Waals surface area (Å²) in [6, 6.07) is 5.45. The summed E-state index contributed by atoms with van der Waals surface area (Å²) in [4.78, 5) is 29.0. The second-order valence-corrected chi connectivity index (χ2v) is 9.23. The zero-order valence-electron chi connectivity index (χ0n) is 19.3. The minimum Gasteiger partial charge on any atom is -0.372 e. The number of halogens is 3. The van der Waals surface area contributed by atoms with Gasteiger partial charge >= 0.3 is 6.18 Å². The molecule has 2 aliphatic rings. The second kappa shape index (κ2) is 10.0. The van der Waals surface area contributed by atoms with Crippen molar-refractivity contribution in [2.75, 3.05) is 37.6 Å². The molecule has 0 unspecified atom stereocenters. The zero-order chi connectivity index (χ0) is 24.3. The number of hydrogen-bond acceptors (Lipinski definition) is 4. The van der Waals surface area contributed by atoms with Crippen molar-refractivity contribution in [3.63, 3.8) is 0 Å². The number of alkyl halides is 3. The SMILES string of the molecule is CCNC(=O)[C@@H]1CN(C(=O)C(C)C)C[C@H]1C1CCN(c2ccc(C#N)c(C(F)(F)F)c2)CC1. The number of carbonyl (C=O) groups is 2. The van der Waals surface area contributed by atoms with E-state index in [1.165, 1.54) is 6.07 Å². The Bertz CT molecular complexity index is 917. The molecule has 0 saturated carbocycles. The van der Waals surface area contributed by atoms with Gasteiger partial charge in [-0.1, -0.05) is 13.8 Å². The molecular weight excluding hydrogens is 433 g/mol. The van der Waals surface area contributed by atoms with Crippen molar-refractivity contribution in [3.8, 4) is 6.07 Å². The standard InChI is InChI=1S/C24H31F3N4O2/c1-4-29-22(32)20-14-31(23(33)15(2)3)13-19(20)16-7-9-30(10-8-16)18-6-5-17(12-28)21(11-18)24(25,26)27/h5-6,11,15-16,19-20H,4,7-10,13-14H2,1-3H3,(H,29,32)/t19-,20+/m0/s1. The lowest BCUT2D eigenvalue weighted by Gasteiger charge is -2.37. The minimum absolute atomic E-state index is 0.0353. The third kappa shape index (κ3) is 5.43. The van der Waals surface area contributed by atoms with E-state index in [0.717, 1.165) is 18.9 Å². The Kier molecular flexibility index (Phi) is 7.55. The average molecular weight is 465 g/mol. The molecule has 9 heteroatoms. The normalized spacial score (nSPS) is 21.9. The van der Waals surface area contributed by atoms with Gasteiger partial charge in [-0.2, -0.15) is 18.4 Å². The quantitative estimate of drug-likeness (QED) is 0.722. The van der Waals surface area contributed by atoms with E-state index >= 15 is 0 Å². The Balaban J connectivity index is 1.73. The molecule has 2 heterocycles. The fraction of sp³-hybridized carbons (Fsp3) is 0.625. The van der Waals surface area contributed by atoms with Crippen molar-refractivity contribution in [3.05, 3.63) is 29.3 Å². The van der Waals surface area contributed by atoms with Crippen LogP contribution in [0.5, 0.6) is 0 Å². The third-order valence-electron chi connectivity index (χ3n) is 6.80. The van der Waals surface area contributed by atoms with Crippen LogP contribution in [-0.4, -0.2) is 49.4 Å². The van der Waals surface area contributed by atoms with Crippen molar-refractivity contribution in [2.24, 2.45) is 23.7 Å². The number of nitrogens with one attached hydrogen (secondary N) is 1. The van der Waals surface area contributed by atoms with E-state index in [0.29, 0.717) is 38.4 Å². The van der Waals surface area contributed by atoms with Crippen molar-refractivity contribution in [1.29, 1.82) is 5.26 Å². The van der Waals surface area contributed by atoms with Crippen LogP contribution in [0.4, 0.5) is 18.9 Å². The maximum atomic E-state index is 13.3. The molecule has 0 spiro atoms. The van der Waals surface area contributed by atoms with Gasteiger partial charge < -0.3 is 15.1 Å². The Morgan fingerprint density at radius 3 is 2.42 bits per heavy atom. The van der Waals surface area contributed by atoms with E-state index in [2.05, 4.69) is 5.32 Å². The molecule has 0 radical (unpaired) electrons. The van der Waals surface area contributed by atoms with Crippen molar-refractivity contribution in [1.82, 2.24) is 10.2 Å². The van der Waals surface area contributed by atoms with Gasteiger partial charge in [0.1, 0.15) is 0 Å². The number of benzene rings is 1. The highest BCUT2D eigenvalue weighted by molar-refractivity contribution is 5.83. The first-order valence-corrected chi connectivity index (χ1v) is 11.5. The number of nitrogens with zero attached hydrogens (tertiary/aromatic N) is 3. The van der Waals surface area contributed by atoms with E-state index < -0.39 is 11.7 Å². The highest BCUT2D eigenvalue weighted by Gasteiger charge is 2.44. The van der Waals surface area contributed by atoms with Gasteiger partial charge in [-0.3, -0.25) is 9.59 Å². The molecule has 1 aromatic carbocycles. The third-order valence-corrected chi connectivity index (χ3v) is 6.80. The number of likely N-dealkylation sites (tertiary alicyclic amines) is 1. The summed E-state index contributed by atoms with van der Waals surface area (Å²) in [5.41, 5.74) is -0.852. The predicted molar refractivity (Wildman–Crippen MR) is 118 cm³/mol. The number of rotatable bonds is 5. The molecule has 0 aliphatic carbocycles. The maximum absolute atomic E-state index is 13.3. The zero-order valence-corrected chi connectivity index (χ0v) is 19.3. The summed E-state index contributed by atoms with van der Waals surface area (Å²) in [6.45, 7) is 8.17. The van der Waals surface area contributed by atoms with Crippen LogP contribution in [-0.2, 0) is 15.8 Å². The smallest absolute Gasteiger partial charge is 0.372 e. The monoisotopic (exact) mass is 464 g/mol. The van der Waals surface area contributed by atoms with E-state index in [-0.39, 0.29) is 41.0 Å².